The molecule has 0 aliphatic rings. The molecule has 0 radical (unpaired) electrons. The Hall–Kier alpha value is -2.79. The Bertz CT molecular complexity index is 847. The fourth-order valence-corrected chi connectivity index (χ4v) is 2.38. The Morgan fingerprint density at radius 3 is 2.68 bits per heavy atom. The van der Waals surface area contributed by atoms with E-state index in [9.17, 15) is 4.79 Å². The first-order chi connectivity index (χ1) is 11.6. The van der Waals surface area contributed by atoms with Gasteiger partial charge in [0.15, 0.2) is 0 Å². The van der Waals surface area contributed by atoms with E-state index < -0.39 is 0 Å². The van der Waals surface area contributed by atoms with Crippen LogP contribution in [0.3, 0.4) is 0 Å². The van der Waals surface area contributed by atoms with Crippen LogP contribution in [0.4, 0.5) is 0 Å². The molecule has 0 aliphatic heterocycles. The van der Waals surface area contributed by atoms with Crippen molar-refractivity contribution in [3.63, 3.8) is 0 Å². The molecule has 0 unspecified atom stereocenters. The first-order valence-electron chi connectivity index (χ1n) is 7.65. The van der Waals surface area contributed by atoms with Crippen LogP contribution in [-0.4, -0.2) is 10.9 Å². The number of hydrogen-bond donors (Lipinski definition) is 1. The summed E-state index contributed by atoms with van der Waals surface area (Å²) in [5.41, 5.74) is 1.50. The Morgan fingerprint density at radius 1 is 1.16 bits per heavy atom. The Labute approximate surface area is 152 Å². The molecule has 0 aliphatic carbocycles. The molecule has 0 spiro atoms. The van der Waals surface area contributed by atoms with E-state index in [1.165, 1.54) is 0 Å². The van der Waals surface area contributed by atoms with Crippen LogP contribution < -0.4 is 10.1 Å². The van der Waals surface area contributed by atoms with E-state index in [-0.39, 0.29) is 18.3 Å². The molecule has 2 aromatic heterocycles. The first kappa shape index (κ1) is 18.5. The van der Waals surface area contributed by atoms with E-state index in [1.54, 1.807) is 25.3 Å². The lowest BCUT2D eigenvalue weighted by Crippen LogP contribution is -2.22. The zero-order chi connectivity index (χ0) is 16.9. The van der Waals surface area contributed by atoms with Gasteiger partial charge in [-0.2, -0.15) is 0 Å². The zero-order valence-electron chi connectivity index (χ0n) is 14.0. The van der Waals surface area contributed by atoms with Crippen molar-refractivity contribution >= 4 is 18.3 Å². The monoisotopic (exact) mass is 358 g/mol. The van der Waals surface area contributed by atoms with Crippen molar-refractivity contribution in [2.45, 2.75) is 20.4 Å². The van der Waals surface area contributed by atoms with E-state index in [1.807, 2.05) is 43.3 Å². The fraction of sp³-hybridized carbons (Fsp3) is 0.158. The van der Waals surface area contributed by atoms with Gasteiger partial charge in [-0.1, -0.05) is 18.2 Å². The SMILES string of the molecule is Cc1cc(C(=O)NCc2cccc(Oc3ccccn3)c2)c(C)o1.Cl. The van der Waals surface area contributed by atoms with Crippen LogP contribution in [0.15, 0.2) is 59.1 Å². The van der Waals surface area contributed by atoms with Gasteiger partial charge in [-0.15, -0.1) is 12.4 Å². The molecular weight excluding hydrogens is 340 g/mol. The molecule has 0 fully saturated rings. The minimum atomic E-state index is -0.152. The standard InChI is InChI=1S/C19H18N2O3.ClH/c1-13-10-17(14(2)23-13)19(22)21-12-15-6-5-7-16(11-15)24-18-8-3-4-9-20-18;/h3-11H,12H2,1-2H3,(H,21,22);1H. The highest BCUT2D eigenvalue weighted by molar-refractivity contribution is 5.95. The molecule has 1 N–H and O–H groups in total. The number of furan rings is 1. The Morgan fingerprint density at radius 2 is 2.00 bits per heavy atom. The summed E-state index contributed by atoms with van der Waals surface area (Å²) in [5.74, 6) is 2.40. The third kappa shape index (κ3) is 4.84. The normalized spacial score (nSPS) is 10.0. The number of rotatable bonds is 5. The third-order valence-corrected chi connectivity index (χ3v) is 3.50. The molecular formula is C19H19ClN2O3. The number of carbonyl (C=O) groups excluding carboxylic acids is 1. The van der Waals surface area contributed by atoms with Crippen LogP contribution >= 0.6 is 12.4 Å². The minimum absolute atomic E-state index is 0. The number of hydrogen-bond acceptors (Lipinski definition) is 4. The van der Waals surface area contributed by atoms with Crippen molar-refractivity contribution in [3.05, 3.63) is 77.4 Å². The average molecular weight is 359 g/mol. The van der Waals surface area contributed by atoms with Crippen LogP contribution in [0, 0.1) is 13.8 Å². The van der Waals surface area contributed by atoms with Gasteiger partial charge in [0.1, 0.15) is 17.3 Å². The molecule has 0 atom stereocenters. The van der Waals surface area contributed by atoms with Gasteiger partial charge in [0.05, 0.1) is 5.56 Å². The first-order valence-corrected chi connectivity index (χ1v) is 7.65. The molecule has 0 saturated carbocycles. The second-order valence-electron chi connectivity index (χ2n) is 5.43. The van der Waals surface area contributed by atoms with E-state index in [0.717, 1.165) is 11.3 Å². The predicted molar refractivity (Wildman–Crippen MR) is 97.4 cm³/mol. The Kier molecular flexibility index (Phi) is 6.19. The zero-order valence-corrected chi connectivity index (χ0v) is 14.8. The summed E-state index contributed by atoms with van der Waals surface area (Å²) in [6.07, 6.45) is 1.68. The molecule has 2 heterocycles. The van der Waals surface area contributed by atoms with Gasteiger partial charge in [0.2, 0.25) is 5.88 Å². The topological polar surface area (TPSA) is 64.4 Å². The van der Waals surface area contributed by atoms with Crippen molar-refractivity contribution in [1.29, 1.82) is 0 Å². The molecule has 5 nitrogen and oxygen atoms in total. The number of ether oxygens (including phenoxy) is 1. The van der Waals surface area contributed by atoms with E-state index >= 15 is 0 Å². The number of amides is 1. The van der Waals surface area contributed by atoms with E-state index in [2.05, 4.69) is 10.3 Å². The van der Waals surface area contributed by atoms with Gasteiger partial charge in [-0.05, 0) is 43.7 Å². The van der Waals surface area contributed by atoms with E-state index in [0.29, 0.717) is 29.5 Å². The van der Waals surface area contributed by atoms with Gasteiger partial charge >= 0.3 is 0 Å². The van der Waals surface area contributed by atoms with Gasteiger partial charge in [0.25, 0.3) is 5.91 Å². The second-order valence-corrected chi connectivity index (χ2v) is 5.43. The maximum atomic E-state index is 12.2. The van der Waals surface area contributed by atoms with Crippen LogP contribution in [0.25, 0.3) is 0 Å². The summed E-state index contributed by atoms with van der Waals surface area (Å²) in [4.78, 5) is 16.3. The van der Waals surface area contributed by atoms with Crippen molar-refractivity contribution in [2.24, 2.45) is 0 Å². The van der Waals surface area contributed by atoms with Crippen LogP contribution in [-0.2, 0) is 6.54 Å². The lowest BCUT2D eigenvalue weighted by atomic mass is 10.2. The highest BCUT2D eigenvalue weighted by atomic mass is 35.5. The maximum absolute atomic E-state index is 12.2. The van der Waals surface area contributed by atoms with Gasteiger partial charge in [-0.25, -0.2) is 4.98 Å². The summed E-state index contributed by atoms with van der Waals surface area (Å²) < 4.78 is 11.1. The predicted octanol–water partition coefficient (Wildman–Crippen LogP) is 4.44. The summed E-state index contributed by atoms with van der Waals surface area (Å²) in [5, 5.41) is 2.89. The summed E-state index contributed by atoms with van der Waals surface area (Å²) in [7, 11) is 0. The van der Waals surface area contributed by atoms with Gasteiger partial charge < -0.3 is 14.5 Å². The molecule has 3 rings (SSSR count). The minimum Gasteiger partial charge on any atom is -0.466 e. The quantitative estimate of drug-likeness (QED) is 0.732. The molecule has 1 aromatic carbocycles. The van der Waals surface area contributed by atoms with Crippen LogP contribution in [0.1, 0.15) is 27.4 Å². The number of pyridine rings is 1. The number of aryl methyl sites for hydroxylation is 2. The van der Waals surface area contributed by atoms with E-state index in [4.69, 9.17) is 9.15 Å². The number of benzene rings is 1. The highest BCUT2D eigenvalue weighted by Gasteiger charge is 2.13. The summed E-state index contributed by atoms with van der Waals surface area (Å²) in [6, 6.07) is 14.8. The number of nitrogens with zero attached hydrogens (tertiary/aromatic N) is 1. The van der Waals surface area contributed by atoms with Gasteiger partial charge in [-0.3, -0.25) is 4.79 Å². The van der Waals surface area contributed by atoms with Crippen LogP contribution in [0.5, 0.6) is 11.6 Å². The highest BCUT2D eigenvalue weighted by Crippen LogP contribution is 2.20. The van der Waals surface area contributed by atoms with Crippen LogP contribution in [0.2, 0.25) is 0 Å². The molecule has 3 aromatic rings. The summed E-state index contributed by atoms with van der Waals surface area (Å²) >= 11 is 0. The lowest BCUT2D eigenvalue weighted by molar-refractivity contribution is 0.0949. The van der Waals surface area contributed by atoms with Crippen molar-refractivity contribution in [3.8, 4) is 11.6 Å². The Balaban J connectivity index is 0.00000225. The number of halogens is 1. The molecule has 1 amide bonds. The average Bonchev–Trinajstić information content (AvgIpc) is 2.92. The number of nitrogens with one attached hydrogen (secondary N) is 1. The molecule has 0 bridgehead atoms. The molecule has 130 valence electrons. The lowest BCUT2D eigenvalue weighted by Gasteiger charge is -2.08. The maximum Gasteiger partial charge on any atom is 0.255 e. The third-order valence-electron chi connectivity index (χ3n) is 3.50. The van der Waals surface area contributed by atoms with Gasteiger partial charge in [0, 0.05) is 18.8 Å². The van der Waals surface area contributed by atoms with Crippen molar-refractivity contribution in [2.75, 3.05) is 0 Å². The van der Waals surface area contributed by atoms with Crippen molar-refractivity contribution < 1.29 is 13.9 Å². The van der Waals surface area contributed by atoms with Crippen molar-refractivity contribution in [1.82, 2.24) is 10.3 Å². The molecule has 6 heteroatoms. The summed E-state index contributed by atoms with van der Waals surface area (Å²) in [6.45, 7) is 4.01. The smallest absolute Gasteiger partial charge is 0.255 e. The molecule has 25 heavy (non-hydrogen) atoms. The second kappa shape index (κ2) is 8.35. The number of carbonyl (C=O) groups is 1. The fourth-order valence-electron chi connectivity index (χ4n) is 2.38. The largest absolute Gasteiger partial charge is 0.466 e. The molecule has 0 saturated heterocycles. The number of aromatic nitrogens is 1.